The minimum absolute atomic E-state index is 0.457. The lowest BCUT2D eigenvalue weighted by Crippen LogP contribution is -1.97. The third kappa shape index (κ3) is 2.54. The zero-order chi connectivity index (χ0) is 13.1. The molecule has 0 unspecified atom stereocenters. The van der Waals surface area contributed by atoms with Gasteiger partial charge in [-0.05, 0) is 32.0 Å². The van der Waals surface area contributed by atoms with E-state index in [0.29, 0.717) is 18.0 Å². The number of thiazole rings is 1. The van der Waals surface area contributed by atoms with Gasteiger partial charge in [0.15, 0.2) is 0 Å². The highest BCUT2D eigenvalue weighted by Crippen LogP contribution is 2.32. The molecule has 18 heavy (non-hydrogen) atoms. The Morgan fingerprint density at radius 3 is 2.78 bits per heavy atom. The Morgan fingerprint density at radius 2 is 2.22 bits per heavy atom. The molecule has 0 aliphatic rings. The van der Waals surface area contributed by atoms with Crippen molar-refractivity contribution in [3.8, 4) is 16.3 Å². The Hall–Kier alpha value is -1.81. The predicted molar refractivity (Wildman–Crippen MR) is 77.1 cm³/mol. The molecule has 1 aromatic heterocycles. The van der Waals surface area contributed by atoms with Crippen LogP contribution in [-0.2, 0) is 0 Å². The van der Waals surface area contributed by atoms with Crippen LogP contribution in [0.2, 0.25) is 0 Å². The molecule has 0 aliphatic carbocycles. The fraction of sp³-hybridized carbons (Fsp3) is 0.214. The molecule has 4 heteroatoms. The number of nitrogens with zero attached hydrogens (tertiary/aromatic N) is 1. The fourth-order valence-electron chi connectivity index (χ4n) is 1.56. The molecule has 0 amide bonds. The van der Waals surface area contributed by atoms with Crippen LogP contribution in [0.15, 0.2) is 30.9 Å². The Balaban J connectivity index is 2.30. The van der Waals surface area contributed by atoms with Crippen molar-refractivity contribution in [1.82, 2.24) is 4.98 Å². The SMILES string of the molecule is C=CCOc1ccc(-c2nc(C)c(C)s2)cc1N. The summed E-state index contributed by atoms with van der Waals surface area (Å²) in [6.45, 7) is 8.15. The summed E-state index contributed by atoms with van der Waals surface area (Å²) in [4.78, 5) is 5.75. The number of nitrogen functional groups attached to an aromatic ring is 1. The number of rotatable bonds is 4. The molecule has 1 heterocycles. The van der Waals surface area contributed by atoms with Gasteiger partial charge in [0.05, 0.1) is 11.4 Å². The third-order valence-corrected chi connectivity index (χ3v) is 3.76. The Morgan fingerprint density at radius 1 is 1.44 bits per heavy atom. The van der Waals surface area contributed by atoms with Gasteiger partial charge in [-0.2, -0.15) is 0 Å². The van der Waals surface area contributed by atoms with Crippen molar-refractivity contribution in [2.45, 2.75) is 13.8 Å². The summed E-state index contributed by atoms with van der Waals surface area (Å²) in [5.41, 5.74) is 8.68. The first kappa shape index (κ1) is 12.6. The van der Waals surface area contributed by atoms with Crippen LogP contribution in [0.3, 0.4) is 0 Å². The van der Waals surface area contributed by atoms with Crippen LogP contribution in [-0.4, -0.2) is 11.6 Å². The van der Waals surface area contributed by atoms with E-state index in [1.165, 1.54) is 4.88 Å². The molecule has 0 spiro atoms. The van der Waals surface area contributed by atoms with Gasteiger partial charge in [0.25, 0.3) is 0 Å². The Labute approximate surface area is 111 Å². The Bertz CT molecular complexity index is 556. The minimum atomic E-state index is 0.457. The number of benzene rings is 1. The Kier molecular flexibility index (Phi) is 3.67. The van der Waals surface area contributed by atoms with Gasteiger partial charge in [0.1, 0.15) is 17.4 Å². The average Bonchev–Trinajstić information content (AvgIpc) is 2.68. The number of hydrogen-bond donors (Lipinski definition) is 1. The summed E-state index contributed by atoms with van der Waals surface area (Å²) in [5.74, 6) is 0.684. The zero-order valence-corrected chi connectivity index (χ0v) is 11.4. The van der Waals surface area contributed by atoms with Crippen molar-refractivity contribution in [3.05, 3.63) is 41.4 Å². The van der Waals surface area contributed by atoms with Gasteiger partial charge >= 0.3 is 0 Å². The summed E-state index contributed by atoms with van der Waals surface area (Å²) >= 11 is 1.68. The van der Waals surface area contributed by atoms with Crippen LogP contribution in [0.25, 0.3) is 10.6 Å². The second-order valence-corrected chi connectivity index (χ2v) is 5.22. The number of ether oxygens (including phenoxy) is 1. The maximum Gasteiger partial charge on any atom is 0.142 e. The average molecular weight is 260 g/mol. The summed E-state index contributed by atoms with van der Waals surface area (Å²) in [6.07, 6.45) is 1.70. The van der Waals surface area contributed by atoms with Crippen molar-refractivity contribution in [1.29, 1.82) is 0 Å². The highest BCUT2D eigenvalue weighted by molar-refractivity contribution is 7.15. The van der Waals surface area contributed by atoms with Crippen molar-refractivity contribution in [2.75, 3.05) is 12.3 Å². The lowest BCUT2D eigenvalue weighted by molar-refractivity contribution is 0.365. The maximum atomic E-state index is 5.96. The van der Waals surface area contributed by atoms with Gasteiger partial charge in [-0.15, -0.1) is 11.3 Å². The van der Waals surface area contributed by atoms with Crippen molar-refractivity contribution < 1.29 is 4.74 Å². The van der Waals surface area contributed by atoms with Crippen LogP contribution < -0.4 is 10.5 Å². The number of aromatic nitrogens is 1. The molecule has 2 aromatic rings. The molecule has 0 saturated carbocycles. The molecular formula is C14H16N2OS. The quantitative estimate of drug-likeness (QED) is 0.675. The molecule has 0 fully saturated rings. The van der Waals surface area contributed by atoms with E-state index in [9.17, 15) is 0 Å². The summed E-state index contributed by atoms with van der Waals surface area (Å²) in [7, 11) is 0. The first-order valence-corrected chi connectivity index (χ1v) is 6.51. The van der Waals surface area contributed by atoms with Crippen LogP contribution in [0.5, 0.6) is 5.75 Å². The number of hydrogen-bond acceptors (Lipinski definition) is 4. The van der Waals surface area contributed by atoms with Gasteiger partial charge in [0, 0.05) is 10.4 Å². The first-order chi connectivity index (χ1) is 8.61. The molecule has 0 atom stereocenters. The van der Waals surface area contributed by atoms with E-state index in [4.69, 9.17) is 10.5 Å². The molecule has 3 nitrogen and oxygen atoms in total. The summed E-state index contributed by atoms with van der Waals surface area (Å²) in [6, 6.07) is 5.75. The van der Waals surface area contributed by atoms with Crippen molar-refractivity contribution >= 4 is 17.0 Å². The largest absolute Gasteiger partial charge is 0.487 e. The first-order valence-electron chi connectivity index (χ1n) is 5.69. The monoisotopic (exact) mass is 260 g/mol. The minimum Gasteiger partial charge on any atom is -0.487 e. The van der Waals surface area contributed by atoms with E-state index in [0.717, 1.165) is 16.3 Å². The maximum absolute atomic E-state index is 5.96. The second-order valence-electron chi connectivity index (χ2n) is 4.01. The zero-order valence-electron chi connectivity index (χ0n) is 10.6. The van der Waals surface area contributed by atoms with Gasteiger partial charge in [0.2, 0.25) is 0 Å². The van der Waals surface area contributed by atoms with E-state index < -0.39 is 0 Å². The van der Waals surface area contributed by atoms with Gasteiger partial charge in [-0.3, -0.25) is 0 Å². The molecule has 94 valence electrons. The second kappa shape index (κ2) is 5.23. The normalized spacial score (nSPS) is 10.3. The predicted octanol–water partition coefficient (Wildman–Crippen LogP) is 3.57. The lowest BCUT2D eigenvalue weighted by atomic mass is 10.2. The lowest BCUT2D eigenvalue weighted by Gasteiger charge is -2.07. The summed E-state index contributed by atoms with van der Waals surface area (Å²) in [5, 5.41) is 0.993. The van der Waals surface area contributed by atoms with Crippen LogP contribution >= 0.6 is 11.3 Å². The topological polar surface area (TPSA) is 48.1 Å². The van der Waals surface area contributed by atoms with Gasteiger partial charge < -0.3 is 10.5 Å². The molecule has 0 bridgehead atoms. The van der Waals surface area contributed by atoms with Gasteiger partial charge in [-0.1, -0.05) is 12.7 Å². The van der Waals surface area contributed by atoms with E-state index in [1.807, 2.05) is 25.1 Å². The number of anilines is 1. The highest BCUT2D eigenvalue weighted by atomic mass is 32.1. The van der Waals surface area contributed by atoms with E-state index >= 15 is 0 Å². The fourth-order valence-corrected chi connectivity index (χ4v) is 2.47. The molecule has 0 aliphatic heterocycles. The van der Waals surface area contributed by atoms with Crippen LogP contribution in [0.1, 0.15) is 10.6 Å². The smallest absolute Gasteiger partial charge is 0.142 e. The van der Waals surface area contributed by atoms with Gasteiger partial charge in [-0.25, -0.2) is 4.98 Å². The molecule has 2 rings (SSSR count). The summed E-state index contributed by atoms with van der Waals surface area (Å²) < 4.78 is 5.45. The highest BCUT2D eigenvalue weighted by Gasteiger charge is 2.08. The third-order valence-electron chi connectivity index (χ3n) is 2.64. The molecule has 0 saturated heterocycles. The van der Waals surface area contributed by atoms with E-state index in [1.54, 1.807) is 17.4 Å². The van der Waals surface area contributed by atoms with E-state index in [-0.39, 0.29) is 0 Å². The molecule has 1 aromatic carbocycles. The molecule has 0 radical (unpaired) electrons. The molecule has 2 N–H and O–H groups in total. The number of aryl methyl sites for hydroxylation is 2. The molecular weight excluding hydrogens is 244 g/mol. The van der Waals surface area contributed by atoms with Crippen molar-refractivity contribution in [2.24, 2.45) is 0 Å². The van der Waals surface area contributed by atoms with Crippen molar-refractivity contribution in [3.63, 3.8) is 0 Å². The standard InChI is InChI=1S/C14H16N2OS/c1-4-7-17-13-6-5-11(8-12(13)15)14-16-9(2)10(3)18-14/h4-6,8H,1,7,15H2,2-3H3. The van der Waals surface area contributed by atoms with Crippen LogP contribution in [0.4, 0.5) is 5.69 Å². The van der Waals surface area contributed by atoms with E-state index in [2.05, 4.69) is 18.5 Å². The van der Waals surface area contributed by atoms with Crippen LogP contribution in [0, 0.1) is 13.8 Å². The number of nitrogens with two attached hydrogens (primary N) is 1.